The van der Waals surface area contributed by atoms with Crippen LogP contribution in [0.3, 0.4) is 0 Å². The SMILES string of the molecule is Cc1nc(-c2cccc(C(=O)N3CCN(Cc4cccc(F)c4)C(=O)C3)c2)no1. The second-order valence-corrected chi connectivity index (χ2v) is 6.89. The first-order valence-corrected chi connectivity index (χ1v) is 9.22. The van der Waals surface area contributed by atoms with Gasteiger partial charge in [-0.25, -0.2) is 4.39 Å². The minimum atomic E-state index is -0.333. The van der Waals surface area contributed by atoms with Gasteiger partial charge >= 0.3 is 0 Å². The van der Waals surface area contributed by atoms with Gasteiger partial charge in [-0.05, 0) is 29.8 Å². The molecule has 1 aliphatic heterocycles. The maximum Gasteiger partial charge on any atom is 0.254 e. The molecule has 0 saturated carbocycles. The van der Waals surface area contributed by atoms with Gasteiger partial charge in [0, 0.05) is 37.7 Å². The monoisotopic (exact) mass is 394 g/mol. The van der Waals surface area contributed by atoms with Crippen molar-refractivity contribution >= 4 is 11.8 Å². The molecule has 4 rings (SSSR count). The number of benzene rings is 2. The van der Waals surface area contributed by atoms with Crippen molar-refractivity contribution in [3.05, 3.63) is 71.4 Å². The van der Waals surface area contributed by atoms with Crippen LogP contribution in [0.1, 0.15) is 21.8 Å². The Kier molecular flexibility index (Phi) is 5.07. The summed E-state index contributed by atoms with van der Waals surface area (Å²) >= 11 is 0. The number of hydrogen-bond acceptors (Lipinski definition) is 5. The van der Waals surface area contributed by atoms with E-state index in [9.17, 15) is 14.0 Å². The van der Waals surface area contributed by atoms with Crippen LogP contribution in [0.4, 0.5) is 4.39 Å². The van der Waals surface area contributed by atoms with Crippen molar-refractivity contribution in [3.8, 4) is 11.4 Å². The Bertz CT molecular complexity index is 1070. The Hall–Kier alpha value is -3.55. The van der Waals surface area contributed by atoms with Crippen molar-refractivity contribution in [1.82, 2.24) is 19.9 Å². The standard InChI is InChI=1S/C21H19FN4O3/c1-14-23-20(24-29-14)16-5-3-6-17(11-16)21(28)26-9-8-25(19(27)13-26)12-15-4-2-7-18(22)10-15/h2-7,10-11H,8-9,12-13H2,1H3. The molecule has 3 aromatic rings. The van der Waals surface area contributed by atoms with E-state index in [1.807, 2.05) is 0 Å². The molecule has 148 valence electrons. The van der Waals surface area contributed by atoms with Crippen LogP contribution in [0, 0.1) is 12.7 Å². The summed E-state index contributed by atoms with van der Waals surface area (Å²) in [6.07, 6.45) is 0. The summed E-state index contributed by atoms with van der Waals surface area (Å²) in [6, 6.07) is 13.1. The molecule has 2 amide bonds. The first-order valence-electron chi connectivity index (χ1n) is 9.22. The molecule has 7 nitrogen and oxygen atoms in total. The van der Waals surface area contributed by atoms with Gasteiger partial charge in [0.05, 0.1) is 0 Å². The van der Waals surface area contributed by atoms with E-state index in [-0.39, 0.29) is 24.2 Å². The number of aromatic nitrogens is 2. The molecule has 1 fully saturated rings. The van der Waals surface area contributed by atoms with Gasteiger partial charge in [-0.15, -0.1) is 0 Å². The highest BCUT2D eigenvalue weighted by atomic mass is 19.1. The highest BCUT2D eigenvalue weighted by Gasteiger charge is 2.28. The van der Waals surface area contributed by atoms with Crippen LogP contribution in [0.5, 0.6) is 0 Å². The summed E-state index contributed by atoms with van der Waals surface area (Å²) in [4.78, 5) is 32.7. The third-order valence-corrected chi connectivity index (χ3v) is 4.76. The lowest BCUT2D eigenvalue weighted by atomic mass is 10.1. The third-order valence-electron chi connectivity index (χ3n) is 4.76. The molecular formula is C21H19FN4O3. The topological polar surface area (TPSA) is 79.5 Å². The lowest BCUT2D eigenvalue weighted by molar-refractivity contribution is -0.135. The number of carbonyl (C=O) groups excluding carboxylic acids is 2. The molecule has 29 heavy (non-hydrogen) atoms. The highest BCUT2D eigenvalue weighted by Crippen LogP contribution is 2.19. The Balaban J connectivity index is 1.44. The fourth-order valence-electron chi connectivity index (χ4n) is 3.30. The molecule has 1 aromatic heterocycles. The lowest BCUT2D eigenvalue weighted by Crippen LogP contribution is -2.51. The summed E-state index contributed by atoms with van der Waals surface area (Å²) in [5.41, 5.74) is 1.85. The maximum absolute atomic E-state index is 13.4. The van der Waals surface area contributed by atoms with Gasteiger partial charge in [0.25, 0.3) is 5.91 Å². The Morgan fingerprint density at radius 2 is 2.00 bits per heavy atom. The van der Waals surface area contributed by atoms with Crippen LogP contribution in [-0.4, -0.2) is 51.4 Å². The summed E-state index contributed by atoms with van der Waals surface area (Å²) in [7, 11) is 0. The van der Waals surface area contributed by atoms with E-state index in [1.165, 1.54) is 17.0 Å². The molecule has 0 aliphatic carbocycles. The lowest BCUT2D eigenvalue weighted by Gasteiger charge is -2.34. The van der Waals surface area contributed by atoms with E-state index in [0.717, 1.165) is 5.56 Å². The number of rotatable bonds is 4. The molecule has 8 heteroatoms. The van der Waals surface area contributed by atoms with Crippen molar-refractivity contribution in [2.75, 3.05) is 19.6 Å². The fraction of sp³-hybridized carbons (Fsp3) is 0.238. The smallest absolute Gasteiger partial charge is 0.254 e. The zero-order chi connectivity index (χ0) is 20.4. The van der Waals surface area contributed by atoms with Gasteiger partial charge in [-0.1, -0.05) is 29.4 Å². The first kappa shape index (κ1) is 18.8. The van der Waals surface area contributed by atoms with Gasteiger partial charge < -0.3 is 14.3 Å². The summed E-state index contributed by atoms with van der Waals surface area (Å²) in [5, 5.41) is 3.87. The van der Waals surface area contributed by atoms with Crippen molar-refractivity contribution in [2.24, 2.45) is 0 Å². The molecule has 2 aromatic carbocycles. The van der Waals surface area contributed by atoms with Crippen LogP contribution >= 0.6 is 0 Å². The Labute approximate surface area is 166 Å². The van der Waals surface area contributed by atoms with E-state index in [0.29, 0.717) is 42.5 Å². The summed E-state index contributed by atoms with van der Waals surface area (Å²) in [5.74, 6) is 0.120. The predicted octanol–water partition coefficient (Wildman–Crippen LogP) is 2.67. The van der Waals surface area contributed by atoms with Crippen molar-refractivity contribution in [1.29, 1.82) is 0 Å². The molecule has 2 heterocycles. The van der Waals surface area contributed by atoms with E-state index in [2.05, 4.69) is 10.1 Å². The molecule has 0 unspecified atom stereocenters. The number of nitrogens with zero attached hydrogens (tertiary/aromatic N) is 4. The van der Waals surface area contributed by atoms with E-state index >= 15 is 0 Å². The summed E-state index contributed by atoms with van der Waals surface area (Å²) < 4.78 is 18.3. The zero-order valence-electron chi connectivity index (χ0n) is 15.8. The summed E-state index contributed by atoms with van der Waals surface area (Å²) in [6.45, 7) is 2.81. The second kappa shape index (κ2) is 7.83. The Morgan fingerprint density at radius 1 is 1.17 bits per heavy atom. The number of amides is 2. The molecule has 0 radical (unpaired) electrons. The van der Waals surface area contributed by atoms with Crippen molar-refractivity contribution < 1.29 is 18.5 Å². The number of carbonyl (C=O) groups is 2. The number of aryl methyl sites for hydroxylation is 1. The molecule has 0 bridgehead atoms. The first-order chi connectivity index (χ1) is 14.0. The third kappa shape index (κ3) is 4.16. The van der Waals surface area contributed by atoms with Crippen LogP contribution < -0.4 is 0 Å². The van der Waals surface area contributed by atoms with Gasteiger partial charge in [0.1, 0.15) is 12.4 Å². The van der Waals surface area contributed by atoms with Crippen LogP contribution in [0.25, 0.3) is 11.4 Å². The quantitative estimate of drug-likeness (QED) is 0.680. The maximum atomic E-state index is 13.4. The molecule has 0 spiro atoms. The highest BCUT2D eigenvalue weighted by molar-refractivity contribution is 5.97. The predicted molar refractivity (Wildman–Crippen MR) is 102 cm³/mol. The van der Waals surface area contributed by atoms with E-state index in [1.54, 1.807) is 48.2 Å². The van der Waals surface area contributed by atoms with Crippen LogP contribution in [-0.2, 0) is 11.3 Å². The molecule has 0 N–H and O–H groups in total. The van der Waals surface area contributed by atoms with Crippen LogP contribution in [0.15, 0.2) is 53.1 Å². The van der Waals surface area contributed by atoms with Crippen LogP contribution in [0.2, 0.25) is 0 Å². The Morgan fingerprint density at radius 3 is 2.72 bits per heavy atom. The molecule has 1 saturated heterocycles. The second-order valence-electron chi connectivity index (χ2n) is 6.89. The average molecular weight is 394 g/mol. The number of halogens is 1. The van der Waals surface area contributed by atoms with Gasteiger partial charge in [-0.3, -0.25) is 9.59 Å². The number of piperazine rings is 1. The molecule has 1 aliphatic rings. The minimum absolute atomic E-state index is 0.0142. The minimum Gasteiger partial charge on any atom is -0.339 e. The largest absolute Gasteiger partial charge is 0.339 e. The molecule has 0 atom stereocenters. The normalized spacial score (nSPS) is 14.3. The number of hydrogen-bond donors (Lipinski definition) is 0. The van der Waals surface area contributed by atoms with E-state index < -0.39 is 0 Å². The van der Waals surface area contributed by atoms with Crippen molar-refractivity contribution in [3.63, 3.8) is 0 Å². The van der Waals surface area contributed by atoms with Gasteiger partial charge in [0.2, 0.25) is 17.6 Å². The molecular weight excluding hydrogens is 375 g/mol. The van der Waals surface area contributed by atoms with E-state index in [4.69, 9.17) is 4.52 Å². The zero-order valence-corrected chi connectivity index (χ0v) is 15.8. The van der Waals surface area contributed by atoms with Crippen molar-refractivity contribution in [2.45, 2.75) is 13.5 Å². The average Bonchev–Trinajstić information content (AvgIpc) is 3.15. The van der Waals surface area contributed by atoms with Gasteiger partial charge in [-0.2, -0.15) is 4.98 Å². The van der Waals surface area contributed by atoms with Gasteiger partial charge in [0.15, 0.2) is 0 Å². The fourth-order valence-corrected chi connectivity index (χ4v) is 3.30.